The van der Waals surface area contributed by atoms with Crippen LogP contribution in [0.15, 0.2) is 65.8 Å². The summed E-state index contributed by atoms with van der Waals surface area (Å²) < 4.78 is 20.6. The van der Waals surface area contributed by atoms with E-state index in [0.717, 1.165) is 4.68 Å². The van der Waals surface area contributed by atoms with E-state index in [0.29, 0.717) is 22.6 Å². The molecular formula is C19H14FN5O3. The molecule has 0 aliphatic heterocycles. The Hall–Kier alpha value is -4.01. The number of nitrogens with one attached hydrogen (secondary N) is 1. The Kier molecular flexibility index (Phi) is 4.32. The molecule has 1 N–H and O–H groups in total. The lowest BCUT2D eigenvalue weighted by Gasteiger charge is -2.09. The first kappa shape index (κ1) is 17.4. The van der Waals surface area contributed by atoms with E-state index in [1.807, 2.05) is 0 Å². The number of aromatic nitrogens is 4. The van der Waals surface area contributed by atoms with Crippen molar-refractivity contribution < 1.29 is 13.9 Å². The van der Waals surface area contributed by atoms with Crippen LogP contribution in [0.25, 0.3) is 16.7 Å². The number of methoxy groups -OCH3 is 1. The number of carbonyl (C=O) groups excluding carboxylic acids is 1. The fourth-order valence-corrected chi connectivity index (χ4v) is 2.70. The number of ether oxygens (including phenoxy) is 1. The third kappa shape index (κ3) is 3.09. The largest absolute Gasteiger partial charge is 0.497 e. The Balaban J connectivity index is 1.68. The zero-order valence-electron chi connectivity index (χ0n) is 14.7. The molecule has 0 saturated heterocycles. The van der Waals surface area contributed by atoms with Crippen molar-refractivity contribution in [1.82, 2.24) is 19.4 Å². The lowest BCUT2D eigenvalue weighted by Crippen LogP contribution is -2.33. The number of nitrogens with zero attached hydrogens (tertiary/aromatic N) is 4. The van der Waals surface area contributed by atoms with Crippen LogP contribution in [0.5, 0.6) is 5.75 Å². The minimum atomic E-state index is -0.493. The Morgan fingerprint density at radius 3 is 2.71 bits per heavy atom. The number of halogens is 1. The van der Waals surface area contributed by atoms with Gasteiger partial charge in [0.1, 0.15) is 23.3 Å². The molecule has 0 atom stereocenters. The highest BCUT2D eigenvalue weighted by molar-refractivity contribution is 6.00. The molecule has 0 aliphatic carbocycles. The predicted molar refractivity (Wildman–Crippen MR) is 99.8 cm³/mol. The molecule has 0 aliphatic rings. The Labute approximate surface area is 157 Å². The summed E-state index contributed by atoms with van der Waals surface area (Å²) in [4.78, 5) is 29.3. The number of amides is 1. The second-order valence-electron chi connectivity index (χ2n) is 5.86. The highest BCUT2D eigenvalue weighted by Gasteiger charge is 2.14. The molecule has 0 fully saturated rings. The monoisotopic (exact) mass is 379 g/mol. The number of fused-ring (bicyclic) bond motifs is 1. The van der Waals surface area contributed by atoms with Gasteiger partial charge in [-0.25, -0.2) is 18.7 Å². The highest BCUT2D eigenvalue weighted by atomic mass is 19.1. The molecule has 0 spiro atoms. The molecule has 2 heterocycles. The van der Waals surface area contributed by atoms with Crippen molar-refractivity contribution in [2.24, 2.45) is 0 Å². The van der Waals surface area contributed by atoms with Crippen molar-refractivity contribution in [3.63, 3.8) is 0 Å². The summed E-state index contributed by atoms with van der Waals surface area (Å²) in [5, 5.41) is 4.35. The fraction of sp³-hybridized carbons (Fsp3) is 0.0526. The van der Waals surface area contributed by atoms with Gasteiger partial charge >= 0.3 is 0 Å². The maximum atomic E-state index is 13.1. The van der Waals surface area contributed by atoms with Gasteiger partial charge in [-0.1, -0.05) is 6.07 Å². The third-order valence-electron chi connectivity index (χ3n) is 4.11. The van der Waals surface area contributed by atoms with Gasteiger partial charge in [-0.15, -0.1) is 0 Å². The SMILES string of the molecule is COc1cccc(C(=O)Nn2cnc3c(cnn3-c3ccc(F)cc3)c2=O)c1. The summed E-state index contributed by atoms with van der Waals surface area (Å²) >= 11 is 0. The van der Waals surface area contributed by atoms with Crippen LogP contribution < -0.4 is 15.7 Å². The Morgan fingerprint density at radius 2 is 1.96 bits per heavy atom. The van der Waals surface area contributed by atoms with Gasteiger partial charge in [0.25, 0.3) is 11.5 Å². The Bertz CT molecular complexity index is 1230. The molecule has 140 valence electrons. The van der Waals surface area contributed by atoms with E-state index in [1.165, 1.54) is 48.6 Å². The van der Waals surface area contributed by atoms with Gasteiger partial charge in [-0.05, 0) is 42.5 Å². The molecule has 9 heteroatoms. The average molecular weight is 379 g/mol. The first-order valence-electron chi connectivity index (χ1n) is 8.23. The molecule has 0 saturated carbocycles. The summed E-state index contributed by atoms with van der Waals surface area (Å²) in [5.74, 6) is -0.349. The van der Waals surface area contributed by atoms with Crippen LogP contribution in [0, 0.1) is 5.82 Å². The number of benzene rings is 2. The molecule has 4 rings (SSSR count). The number of hydrogen-bond acceptors (Lipinski definition) is 5. The van der Waals surface area contributed by atoms with E-state index in [-0.39, 0.29) is 11.2 Å². The standard InChI is InChI=1S/C19H14FN5O3/c1-28-15-4-2-3-12(9-15)18(26)23-24-11-21-17-16(19(24)27)10-22-25(17)14-7-5-13(20)6-8-14/h2-11H,1H3,(H,23,26). The maximum absolute atomic E-state index is 13.1. The molecular weight excluding hydrogens is 365 g/mol. The van der Waals surface area contributed by atoms with Crippen LogP contribution in [0.3, 0.4) is 0 Å². The van der Waals surface area contributed by atoms with Gasteiger partial charge in [0.2, 0.25) is 0 Å². The van der Waals surface area contributed by atoms with Crippen LogP contribution in [0.1, 0.15) is 10.4 Å². The lowest BCUT2D eigenvalue weighted by molar-refractivity contribution is 0.101. The van der Waals surface area contributed by atoms with E-state index < -0.39 is 11.5 Å². The van der Waals surface area contributed by atoms with Crippen molar-refractivity contribution in [3.05, 3.63) is 82.8 Å². The number of hydrogen-bond donors (Lipinski definition) is 1. The summed E-state index contributed by atoms with van der Waals surface area (Å²) in [6.45, 7) is 0. The van der Waals surface area contributed by atoms with Crippen molar-refractivity contribution >= 4 is 16.9 Å². The summed E-state index contributed by atoms with van der Waals surface area (Å²) in [5.41, 5.74) is 3.17. The minimum Gasteiger partial charge on any atom is -0.497 e. The molecule has 0 radical (unpaired) electrons. The highest BCUT2D eigenvalue weighted by Crippen LogP contribution is 2.15. The fourth-order valence-electron chi connectivity index (χ4n) is 2.70. The predicted octanol–water partition coefficient (Wildman–Crippen LogP) is 2.11. The molecule has 0 unspecified atom stereocenters. The molecule has 1 amide bonds. The quantitative estimate of drug-likeness (QED) is 0.586. The van der Waals surface area contributed by atoms with Gasteiger partial charge < -0.3 is 4.74 Å². The normalized spacial score (nSPS) is 10.8. The molecule has 4 aromatic rings. The molecule has 2 aromatic heterocycles. The van der Waals surface area contributed by atoms with E-state index >= 15 is 0 Å². The van der Waals surface area contributed by atoms with Crippen LogP contribution in [0.4, 0.5) is 4.39 Å². The summed E-state index contributed by atoms with van der Waals surface area (Å²) in [6, 6.07) is 12.2. The van der Waals surface area contributed by atoms with Gasteiger partial charge in [0.15, 0.2) is 5.65 Å². The van der Waals surface area contributed by atoms with E-state index in [4.69, 9.17) is 4.74 Å². The minimum absolute atomic E-state index is 0.206. The second-order valence-corrected chi connectivity index (χ2v) is 5.86. The molecule has 0 bridgehead atoms. The summed E-state index contributed by atoms with van der Waals surface area (Å²) in [6.07, 6.45) is 2.55. The number of rotatable bonds is 4. The van der Waals surface area contributed by atoms with Gasteiger partial charge in [-0.3, -0.25) is 15.0 Å². The van der Waals surface area contributed by atoms with Crippen molar-refractivity contribution in [2.75, 3.05) is 12.5 Å². The topological polar surface area (TPSA) is 91.0 Å². The lowest BCUT2D eigenvalue weighted by atomic mass is 10.2. The first-order chi connectivity index (χ1) is 13.6. The second kappa shape index (κ2) is 6.95. The van der Waals surface area contributed by atoms with Crippen molar-refractivity contribution in [3.8, 4) is 11.4 Å². The average Bonchev–Trinajstić information content (AvgIpc) is 3.15. The van der Waals surface area contributed by atoms with Crippen LogP contribution in [-0.4, -0.2) is 32.5 Å². The summed E-state index contributed by atoms with van der Waals surface area (Å²) in [7, 11) is 1.50. The molecule has 8 nitrogen and oxygen atoms in total. The number of carbonyl (C=O) groups is 1. The van der Waals surface area contributed by atoms with Crippen LogP contribution in [-0.2, 0) is 0 Å². The van der Waals surface area contributed by atoms with Crippen molar-refractivity contribution in [1.29, 1.82) is 0 Å². The van der Waals surface area contributed by atoms with E-state index in [2.05, 4.69) is 15.5 Å². The van der Waals surface area contributed by atoms with Gasteiger partial charge in [0.05, 0.1) is 19.0 Å². The Morgan fingerprint density at radius 1 is 1.18 bits per heavy atom. The molecule has 28 heavy (non-hydrogen) atoms. The van der Waals surface area contributed by atoms with Gasteiger partial charge in [-0.2, -0.15) is 5.10 Å². The van der Waals surface area contributed by atoms with E-state index in [1.54, 1.807) is 24.3 Å². The van der Waals surface area contributed by atoms with Crippen molar-refractivity contribution in [2.45, 2.75) is 0 Å². The third-order valence-corrected chi connectivity index (χ3v) is 4.11. The smallest absolute Gasteiger partial charge is 0.283 e. The maximum Gasteiger partial charge on any atom is 0.283 e. The van der Waals surface area contributed by atoms with Gasteiger partial charge in [0, 0.05) is 5.56 Å². The van der Waals surface area contributed by atoms with E-state index in [9.17, 15) is 14.0 Å². The molecule has 2 aromatic carbocycles. The first-order valence-corrected chi connectivity index (χ1v) is 8.23. The zero-order chi connectivity index (χ0) is 19.7. The zero-order valence-corrected chi connectivity index (χ0v) is 14.7. The van der Waals surface area contributed by atoms with Crippen LogP contribution >= 0.6 is 0 Å². The van der Waals surface area contributed by atoms with Crippen LogP contribution in [0.2, 0.25) is 0 Å².